The Morgan fingerprint density at radius 2 is 1.79 bits per heavy atom. The summed E-state index contributed by atoms with van der Waals surface area (Å²) in [7, 11) is 4.26. The first-order valence-corrected chi connectivity index (χ1v) is 10.2. The van der Waals surface area contributed by atoms with Crippen LogP contribution in [-0.2, 0) is 0 Å². The molecule has 4 rings (SSSR count). The van der Waals surface area contributed by atoms with E-state index in [1.807, 2.05) is 48.7 Å². The van der Waals surface area contributed by atoms with Crippen molar-refractivity contribution in [1.82, 2.24) is 15.1 Å². The van der Waals surface area contributed by atoms with E-state index in [-0.39, 0.29) is 11.9 Å². The van der Waals surface area contributed by atoms with Crippen molar-refractivity contribution < 1.29 is 4.79 Å². The lowest BCUT2D eigenvalue weighted by Gasteiger charge is -2.25. The highest BCUT2D eigenvalue weighted by Gasteiger charge is 2.26. The summed E-state index contributed by atoms with van der Waals surface area (Å²) < 4.78 is 0. The molecule has 0 bridgehead atoms. The van der Waals surface area contributed by atoms with Crippen LogP contribution in [0.4, 0.5) is 0 Å². The Hall–Kier alpha value is -2.92. The summed E-state index contributed by atoms with van der Waals surface area (Å²) in [6.07, 6.45) is 5.95. The summed E-state index contributed by atoms with van der Waals surface area (Å²) in [6.45, 7) is 2.05. The molecule has 0 aromatic heterocycles. The Bertz CT molecular complexity index is 902. The van der Waals surface area contributed by atoms with E-state index in [1.165, 1.54) is 6.42 Å². The maximum Gasteiger partial charge on any atom is 0.251 e. The number of hydrogen-bond acceptors (Lipinski definition) is 4. The van der Waals surface area contributed by atoms with Gasteiger partial charge in [0.1, 0.15) is 5.82 Å². The van der Waals surface area contributed by atoms with Gasteiger partial charge >= 0.3 is 0 Å². The molecule has 2 aliphatic rings. The van der Waals surface area contributed by atoms with E-state index in [9.17, 15) is 4.79 Å². The van der Waals surface area contributed by atoms with Gasteiger partial charge in [0, 0.05) is 30.9 Å². The van der Waals surface area contributed by atoms with Gasteiger partial charge in [-0.15, -0.1) is 0 Å². The third-order valence-corrected chi connectivity index (χ3v) is 5.73. The lowest BCUT2D eigenvalue weighted by atomic mass is 10.0. The summed E-state index contributed by atoms with van der Waals surface area (Å²) in [6, 6.07) is 18.4. The zero-order valence-corrected chi connectivity index (χ0v) is 17.1. The summed E-state index contributed by atoms with van der Waals surface area (Å²) in [5.41, 5.74) is 2.92. The van der Waals surface area contributed by atoms with Gasteiger partial charge < -0.3 is 15.1 Å². The molecule has 2 atom stereocenters. The molecule has 29 heavy (non-hydrogen) atoms. The maximum absolute atomic E-state index is 12.6. The lowest BCUT2D eigenvalue weighted by molar-refractivity contribution is 0.0947. The molecular formula is C24H28N4O. The molecule has 2 heterocycles. The van der Waals surface area contributed by atoms with Crippen LogP contribution in [0.25, 0.3) is 11.1 Å². The van der Waals surface area contributed by atoms with Crippen LogP contribution < -0.4 is 5.32 Å². The average molecular weight is 389 g/mol. The third-order valence-electron chi connectivity index (χ3n) is 5.73. The number of benzene rings is 2. The normalized spacial score (nSPS) is 21.3. The van der Waals surface area contributed by atoms with Gasteiger partial charge in [0.25, 0.3) is 5.91 Å². The summed E-state index contributed by atoms with van der Waals surface area (Å²) >= 11 is 0. The van der Waals surface area contributed by atoms with Crippen LogP contribution in [0.15, 0.2) is 71.5 Å². The monoisotopic (exact) mass is 388 g/mol. The molecule has 1 fully saturated rings. The number of likely N-dealkylation sites (N-methyl/N-ethyl adjacent to an activating group) is 1. The van der Waals surface area contributed by atoms with Crippen LogP contribution in [0.5, 0.6) is 0 Å². The number of nitrogens with one attached hydrogen (secondary N) is 1. The van der Waals surface area contributed by atoms with E-state index in [0.717, 1.165) is 36.5 Å². The molecule has 0 spiro atoms. The minimum Gasteiger partial charge on any atom is -0.355 e. The highest BCUT2D eigenvalue weighted by Crippen LogP contribution is 2.22. The predicted molar refractivity (Wildman–Crippen MR) is 118 cm³/mol. The second kappa shape index (κ2) is 8.62. The summed E-state index contributed by atoms with van der Waals surface area (Å²) in [4.78, 5) is 21.8. The lowest BCUT2D eigenvalue weighted by Crippen LogP contribution is -2.37. The van der Waals surface area contributed by atoms with Crippen LogP contribution in [0.1, 0.15) is 23.2 Å². The number of hydrogen-bond donors (Lipinski definition) is 1. The van der Waals surface area contributed by atoms with Crippen LogP contribution >= 0.6 is 0 Å². The molecule has 5 nitrogen and oxygen atoms in total. The van der Waals surface area contributed by atoms with Crippen molar-refractivity contribution in [3.8, 4) is 11.1 Å². The Kier molecular flexibility index (Phi) is 5.76. The molecular weight excluding hydrogens is 360 g/mol. The van der Waals surface area contributed by atoms with Crippen molar-refractivity contribution in [1.29, 1.82) is 0 Å². The molecule has 2 aromatic carbocycles. The topological polar surface area (TPSA) is 47.9 Å². The fourth-order valence-electron chi connectivity index (χ4n) is 3.89. The predicted octanol–water partition coefficient (Wildman–Crippen LogP) is 3.40. The Morgan fingerprint density at radius 1 is 1.07 bits per heavy atom. The van der Waals surface area contributed by atoms with E-state index in [1.54, 1.807) is 0 Å². The molecule has 2 aromatic rings. The van der Waals surface area contributed by atoms with Crippen molar-refractivity contribution in [2.75, 3.05) is 27.2 Å². The molecule has 150 valence electrons. The number of carbonyl (C=O) groups excluding carboxylic acids is 1. The first-order chi connectivity index (χ1) is 14.1. The fourth-order valence-corrected chi connectivity index (χ4v) is 3.89. The summed E-state index contributed by atoms with van der Waals surface area (Å²) in [5, 5.41) is 3.07. The third kappa shape index (κ3) is 4.57. The Labute approximate surface area is 172 Å². The van der Waals surface area contributed by atoms with Gasteiger partial charge in [-0.05, 0) is 56.3 Å². The van der Waals surface area contributed by atoms with E-state index in [0.29, 0.717) is 11.6 Å². The zero-order chi connectivity index (χ0) is 20.2. The van der Waals surface area contributed by atoms with Crippen molar-refractivity contribution in [2.45, 2.75) is 24.9 Å². The molecule has 0 radical (unpaired) electrons. The van der Waals surface area contributed by atoms with Gasteiger partial charge in [0.2, 0.25) is 0 Å². The van der Waals surface area contributed by atoms with E-state index >= 15 is 0 Å². The van der Waals surface area contributed by atoms with E-state index < -0.39 is 0 Å². The van der Waals surface area contributed by atoms with Crippen molar-refractivity contribution in [3.63, 3.8) is 0 Å². The number of carbonyl (C=O) groups is 1. The van der Waals surface area contributed by atoms with E-state index in [2.05, 4.69) is 52.4 Å². The van der Waals surface area contributed by atoms with Crippen LogP contribution in [-0.4, -0.2) is 61.2 Å². The van der Waals surface area contributed by atoms with Crippen LogP contribution in [0.3, 0.4) is 0 Å². The van der Waals surface area contributed by atoms with Crippen molar-refractivity contribution in [2.24, 2.45) is 4.99 Å². The number of amides is 1. The second-order valence-electron chi connectivity index (χ2n) is 7.95. The Balaban J connectivity index is 1.32. The second-order valence-corrected chi connectivity index (χ2v) is 7.95. The highest BCUT2D eigenvalue weighted by atomic mass is 16.1. The smallest absolute Gasteiger partial charge is 0.251 e. The summed E-state index contributed by atoms with van der Waals surface area (Å²) in [5.74, 6) is 0.971. The van der Waals surface area contributed by atoms with Gasteiger partial charge in [-0.25, -0.2) is 4.99 Å². The first-order valence-electron chi connectivity index (χ1n) is 10.2. The van der Waals surface area contributed by atoms with Crippen molar-refractivity contribution >= 4 is 12.1 Å². The molecule has 0 saturated carbocycles. The Morgan fingerprint density at radius 3 is 2.41 bits per heavy atom. The molecule has 1 amide bonds. The first kappa shape index (κ1) is 19.4. The van der Waals surface area contributed by atoms with Gasteiger partial charge in [0.15, 0.2) is 0 Å². The molecule has 2 aliphatic heterocycles. The molecule has 1 N–H and O–H groups in total. The minimum atomic E-state index is -0.0632. The zero-order valence-electron chi connectivity index (χ0n) is 17.1. The number of aliphatic imine (C=N–C) groups is 1. The average Bonchev–Trinajstić information content (AvgIpc) is 3.26. The number of nitrogens with zero attached hydrogens (tertiary/aromatic N) is 3. The van der Waals surface area contributed by atoms with Crippen LogP contribution in [0.2, 0.25) is 0 Å². The quantitative estimate of drug-likeness (QED) is 0.854. The molecule has 2 unspecified atom stereocenters. The molecule has 0 aliphatic carbocycles. The van der Waals surface area contributed by atoms with Gasteiger partial charge in [-0.3, -0.25) is 4.79 Å². The number of rotatable bonds is 5. The fraction of sp³-hybridized carbons (Fsp3) is 0.333. The number of likely N-dealkylation sites (tertiary alicyclic amines) is 1. The van der Waals surface area contributed by atoms with Gasteiger partial charge in [0.05, 0.1) is 6.04 Å². The van der Waals surface area contributed by atoms with Crippen LogP contribution in [0, 0.1) is 0 Å². The standard InChI is InChI=1S/C24H28N4O/c1-27(2)22-14-15-28(17-22)23-13-12-21(16-25-23)26-24(29)20-10-8-19(9-11-20)18-6-4-3-5-7-18/h3-11,13,16,21-22H,12,14-15,17H2,1-2H3,(H,26,29). The molecule has 1 saturated heterocycles. The molecule has 5 heteroatoms. The van der Waals surface area contributed by atoms with Crippen molar-refractivity contribution in [3.05, 3.63) is 72.1 Å². The highest BCUT2D eigenvalue weighted by molar-refractivity contribution is 5.96. The minimum absolute atomic E-state index is 0.0627. The largest absolute Gasteiger partial charge is 0.355 e. The van der Waals surface area contributed by atoms with E-state index in [4.69, 9.17) is 0 Å². The van der Waals surface area contributed by atoms with Gasteiger partial charge in [-0.2, -0.15) is 0 Å². The van der Waals surface area contributed by atoms with Gasteiger partial charge in [-0.1, -0.05) is 42.5 Å². The SMILES string of the molecule is CN(C)C1CCN(C2=CCC(NC(=O)c3ccc(-c4ccccc4)cc3)C=N2)C1. The maximum atomic E-state index is 12.6.